The second-order valence-corrected chi connectivity index (χ2v) is 3.01. The van der Waals surface area contributed by atoms with Gasteiger partial charge in [-0.15, -0.1) is 0 Å². The van der Waals surface area contributed by atoms with Gasteiger partial charge in [0.1, 0.15) is 12.5 Å². The minimum absolute atomic E-state index is 0.517. The fourth-order valence-electron chi connectivity index (χ4n) is 0.561. The molecule has 0 aliphatic heterocycles. The molecule has 3 heteroatoms. The molecular weight excluding hydrogens is 207 g/mol. The van der Waals surface area contributed by atoms with Gasteiger partial charge in [-0.2, -0.15) is 0 Å². The first-order valence-electron chi connectivity index (χ1n) is 3.83. The van der Waals surface area contributed by atoms with Gasteiger partial charge in [0, 0.05) is 0 Å². The molecule has 1 nitrogen and oxygen atoms in total. The van der Waals surface area contributed by atoms with Crippen LogP contribution < -0.4 is 0 Å². The van der Waals surface area contributed by atoms with Crippen molar-refractivity contribution in [2.45, 2.75) is 13.8 Å². The highest BCUT2D eigenvalue weighted by Gasteiger charge is 1.84. The van der Waals surface area contributed by atoms with Gasteiger partial charge in [-0.1, -0.05) is 35.4 Å². The molecule has 0 N–H and O–H groups in total. The zero-order valence-corrected chi connectivity index (χ0v) is 9.14. The molecule has 0 radical (unpaired) electrons. The lowest BCUT2D eigenvalue weighted by molar-refractivity contribution is 0.400. The number of allylic oxidation sites excluding steroid dienone is 6. The Labute approximate surface area is 89.0 Å². The van der Waals surface area contributed by atoms with E-state index in [2.05, 4.69) is 0 Å². The molecule has 0 aliphatic rings. The Morgan fingerprint density at radius 1 is 0.923 bits per heavy atom. The Balaban J connectivity index is 4.03. The third-order valence-electron chi connectivity index (χ3n) is 1.01. The van der Waals surface area contributed by atoms with Gasteiger partial charge < -0.3 is 4.74 Å². The Morgan fingerprint density at radius 3 is 1.62 bits per heavy atom. The molecule has 0 fully saturated rings. The fraction of sp³-hybridized carbons (Fsp3) is 0.200. The van der Waals surface area contributed by atoms with E-state index in [0.29, 0.717) is 10.1 Å². The quantitative estimate of drug-likeness (QED) is 0.505. The van der Waals surface area contributed by atoms with Crippen LogP contribution in [0.15, 0.2) is 46.9 Å². The highest BCUT2D eigenvalue weighted by Crippen LogP contribution is 2.06. The molecule has 0 saturated heterocycles. The molecule has 0 atom stereocenters. The topological polar surface area (TPSA) is 9.23 Å². The molecule has 0 amide bonds. The smallest absolute Gasteiger partial charge is 0.109 e. The molecule has 0 aromatic carbocycles. The minimum atomic E-state index is 0.517. The molecule has 0 bridgehead atoms. The maximum atomic E-state index is 5.70. The van der Waals surface area contributed by atoms with Crippen LogP contribution in [-0.4, -0.2) is 0 Å². The van der Waals surface area contributed by atoms with Crippen molar-refractivity contribution in [1.82, 2.24) is 0 Å². The lowest BCUT2D eigenvalue weighted by atomic mass is 10.5. The predicted octanol–water partition coefficient (Wildman–Crippen LogP) is 4.32. The maximum absolute atomic E-state index is 5.70. The van der Waals surface area contributed by atoms with Crippen LogP contribution in [0, 0.1) is 0 Å². The van der Waals surface area contributed by atoms with Crippen molar-refractivity contribution in [1.29, 1.82) is 0 Å². The first-order valence-corrected chi connectivity index (χ1v) is 4.58. The monoisotopic (exact) mass is 218 g/mol. The molecule has 0 aromatic rings. The van der Waals surface area contributed by atoms with Gasteiger partial charge in [0.05, 0.1) is 10.1 Å². The zero-order chi connectivity index (χ0) is 10.1. The van der Waals surface area contributed by atoms with Crippen molar-refractivity contribution >= 4 is 23.2 Å². The highest BCUT2D eigenvalue weighted by molar-refractivity contribution is 6.31. The van der Waals surface area contributed by atoms with Gasteiger partial charge in [-0.3, -0.25) is 0 Å². The van der Waals surface area contributed by atoms with Crippen LogP contribution in [-0.2, 0) is 4.74 Å². The van der Waals surface area contributed by atoms with Gasteiger partial charge in [0.25, 0.3) is 0 Å². The summed E-state index contributed by atoms with van der Waals surface area (Å²) in [6.45, 7) is 3.75. The van der Waals surface area contributed by atoms with Crippen LogP contribution in [0.4, 0.5) is 0 Å². The van der Waals surface area contributed by atoms with Crippen LogP contribution in [0.3, 0.4) is 0 Å². The Hall–Kier alpha value is -0.660. The Morgan fingerprint density at radius 2 is 1.31 bits per heavy atom. The molecule has 0 aromatic heterocycles. The summed E-state index contributed by atoms with van der Waals surface area (Å²) in [4.78, 5) is 0. The largest absolute Gasteiger partial charge is 0.470 e. The second-order valence-electron chi connectivity index (χ2n) is 2.14. The number of ether oxygens (including phenoxy) is 1. The fourth-order valence-corrected chi connectivity index (χ4v) is 0.916. The molecule has 0 heterocycles. The summed E-state index contributed by atoms with van der Waals surface area (Å²) in [5.74, 6) is 0. The van der Waals surface area contributed by atoms with Crippen LogP contribution in [0.2, 0.25) is 0 Å². The standard InChI is InChI=1S/C10H12Cl2O/c1-3-5-9(11)7-13-8-10(12)6-4-2/h3-8H,1-2H3. The van der Waals surface area contributed by atoms with E-state index < -0.39 is 0 Å². The molecule has 13 heavy (non-hydrogen) atoms. The van der Waals surface area contributed by atoms with Crippen molar-refractivity contribution < 1.29 is 4.74 Å². The first kappa shape index (κ1) is 12.3. The van der Waals surface area contributed by atoms with Crippen LogP contribution in [0.5, 0.6) is 0 Å². The maximum Gasteiger partial charge on any atom is 0.109 e. The summed E-state index contributed by atoms with van der Waals surface area (Å²) >= 11 is 11.4. The predicted molar refractivity (Wildman–Crippen MR) is 58.6 cm³/mol. The summed E-state index contributed by atoms with van der Waals surface area (Å²) in [6, 6.07) is 0. The summed E-state index contributed by atoms with van der Waals surface area (Å²) in [7, 11) is 0. The molecule has 0 aliphatic carbocycles. The van der Waals surface area contributed by atoms with Crippen LogP contribution in [0.1, 0.15) is 13.8 Å². The van der Waals surface area contributed by atoms with Gasteiger partial charge in [-0.05, 0) is 26.0 Å². The third kappa shape index (κ3) is 7.69. The second kappa shape index (κ2) is 7.96. The molecular formula is C10H12Cl2O. The normalized spacial score (nSPS) is 14.5. The van der Waals surface area contributed by atoms with E-state index in [-0.39, 0.29) is 0 Å². The van der Waals surface area contributed by atoms with Crippen molar-refractivity contribution in [2.24, 2.45) is 0 Å². The van der Waals surface area contributed by atoms with Crippen molar-refractivity contribution in [3.63, 3.8) is 0 Å². The number of halogens is 2. The number of rotatable bonds is 4. The van der Waals surface area contributed by atoms with E-state index in [9.17, 15) is 0 Å². The summed E-state index contributed by atoms with van der Waals surface area (Å²) in [6.07, 6.45) is 9.90. The van der Waals surface area contributed by atoms with E-state index in [1.807, 2.05) is 26.0 Å². The molecule has 0 saturated carbocycles. The zero-order valence-electron chi connectivity index (χ0n) is 7.63. The summed E-state index contributed by atoms with van der Waals surface area (Å²) < 4.78 is 4.97. The lowest BCUT2D eigenvalue weighted by Gasteiger charge is -1.92. The van der Waals surface area contributed by atoms with Crippen LogP contribution in [0.25, 0.3) is 0 Å². The summed E-state index contributed by atoms with van der Waals surface area (Å²) in [5.41, 5.74) is 0. The van der Waals surface area contributed by atoms with Crippen molar-refractivity contribution in [3.05, 3.63) is 46.9 Å². The SMILES string of the molecule is CC=CC(Cl)=COC=C(Cl)C=CC. The van der Waals surface area contributed by atoms with E-state index in [1.54, 1.807) is 12.2 Å². The van der Waals surface area contributed by atoms with Crippen LogP contribution >= 0.6 is 23.2 Å². The highest BCUT2D eigenvalue weighted by atomic mass is 35.5. The van der Waals surface area contributed by atoms with E-state index in [1.165, 1.54) is 12.5 Å². The molecule has 0 unspecified atom stereocenters. The minimum Gasteiger partial charge on any atom is -0.470 e. The van der Waals surface area contributed by atoms with E-state index in [4.69, 9.17) is 27.9 Å². The van der Waals surface area contributed by atoms with Gasteiger partial charge >= 0.3 is 0 Å². The van der Waals surface area contributed by atoms with Crippen molar-refractivity contribution in [2.75, 3.05) is 0 Å². The molecule has 0 rings (SSSR count). The lowest BCUT2D eigenvalue weighted by Crippen LogP contribution is -1.71. The average molecular weight is 219 g/mol. The molecule has 72 valence electrons. The van der Waals surface area contributed by atoms with Gasteiger partial charge in [0.15, 0.2) is 0 Å². The van der Waals surface area contributed by atoms with E-state index >= 15 is 0 Å². The number of hydrogen-bond donors (Lipinski definition) is 0. The van der Waals surface area contributed by atoms with Crippen molar-refractivity contribution in [3.8, 4) is 0 Å². The van der Waals surface area contributed by atoms with E-state index in [0.717, 1.165) is 0 Å². The van der Waals surface area contributed by atoms with Gasteiger partial charge in [-0.25, -0.2) is 0 Å². The third-order valence-corrected chi connectivity index (χ3v) is 1.44. The Kier molecular flexibility index (Phi) is 7.56. The first-order chi connectivity index (χ1) is 6.20. The molecule has 0 spiro atoms. The Bertz CT molecular complexity index is 224. The summed E-state index contributed by atoms with van der Waals surface area (Å²) in [5, 5.41) is 1.03. The van der Waals surface area contributed by atoms with Gasteiger partial charge in [0.2, 0.25) is 0 Å². The number of hydrogen-bond acceptors (Lipinski definition) is 1. The average Bonchev–Trinajstić information content (AvgIpc) is 2.05.